The van der Waals surface area contributed by atoms with Gasteiger partial charge >= 0.3 is 0 Å². The monoisotopic (exact) mass is 370 g/mol. The van der Waals surface area contributed by atoms with Crippen molar-refractivity contribution < 1.29 is 13.2 Å². The van der Waals surface area contributed by atoms with Crippen molar-refractivity contribution in [3.8, 4) is 0 Å². The summed E-state index contributed by atoms with van der Waals surface area (Å²) < 4.78 is 40.6. The third kappa shape index (κ3) is 3.09. The maximum atomic E-state index is 14.0. The summed E-state index contributed by atoms with van der Waals surface area (Å²) in [5.74, 6) is -3.31. The standard InChI is InChI=1S/C20H17F3N4/c1-11-9-17(27-12(2)10-13-5-3-4-6-16(13)27)26-20(24-11)25-15-8-7-14(21)18(22)19(15)23/h3-9,12H,10H2,1-2H3,(H,24,25,26). The normalized spacial score (nSPS) is 15.7. The van der Waals surface area contributed by atoms with Crippen LogP contribution in [0.3, 0.4) is 0 Å². The molecule has 1 atom stereocenters. The molecule has 27 heavy (non-hydrogen) atoms. The zero-order valence-corrected chi connectivity index (χ0v) is 14.8. The molecule has 0 saturated carbocycles. The third-order valence-electron chi connectivity index (χ3n) is 4.58. The van der Waals surface area contributed by atoms with Crippen molar-refractivity contribution in [2.45, 2.75) is 26.3 Å². The van der Waals surface area contributed by atoms with Gasteiger partial charge in [0.15, 0.2) is 17.5 Å². The highest BCUT2D eigenvalue weighted by Gasteiger charge is 2.28. The number of hydrogen-bond acceptors (Lipinski definition) is 4. The molecule has 1 N–H and O–H groups in total. The first-order chi connectivity index (χ1) is 12.9. The molecule has 7 heteroatoms. The number of anilines is 4. The van der Waals surface area contributed by atoms with Crippen molar-refractivity contribution >= 4 is 23.1 Å². The number of nitrogens with zero attached hydrogens (tertiary/aromatic N) is 3. The molecule has 0 aliphatic carbocycles. The molecule has 0 amide bonds. The summed E-state index contributed by atoms with van der Waals surface area (Å²) in [4.78, 5) is 10.8. The highest BCUT2D eigenvalue weighted by Crippen LogP contribution is 2.37. The SMILES string of the molecule is Cc1cc(N2c3ccccc3CC2C)nc(Nc2ccc(F)c(F)c2F)n1. The first-order valence-electron chi connectivity index (χ1n) is 8.57. The number of benzene rings is 2. The van der Waals surface area contributed by atoms with Crippen LogP contribution in [0.2, 0.25) is 0 Å². The Kier molecular flexibility index (Phi) is 4.22. The van der Waals surface area contributed by atoms with E-state index in [4.69, 9.17) is 0 Å². The Morgan fingerprint density at radius 3 is 2.63 bits per heavy atom. The minimum Gasteiger partial charge on any atom is -0.323 e. The van der Waals surface area contributed by atoms with E-state index in [1.807, 2.05) is 24.3 Å². The zero-order chi connectivity index (χ0) is 19.1. The van der Waals surface area contributed by atoms with Gasteiger partial charge in [-0.25, -0.2) is 18.2 Å². The van der Waals surface area contributed by atoms with Crippen LogP contribution >= 0.6 is 0 Å². The molecule has 4 rings (SSSR count). The van der Waals surface area contributed by atoms with Crippen LogP contribution in [0.4, 0.5) is 36.3 Å². The van der Waals surface area contributed by atoms with Crippen LogP contribution in [0.1, 0.15) is 18.2 Å². The quantitative estimate of drug-likeness (QED) is 0.657. The first kappa shape index (κ1) is 17.3. The van der Waals surface area contributed by atoms with Gasteiger partial charge in [-0.15, -0.1) is 0 Å². The minimum absolute atomic E-state index is 0.117. The fraction of sp³-hybridized carbons (Fsp3) is 0.200. The van der Waals surface area contributed by atoms with Crippen LogP contribution in [0.25, 0.3) is 0 Å². The number of nitrogens with one attached hydrogen (secondary N) is 1. The van der Waals surface area contributed by atoms with E-state index in [-0.39, 0.29) is 17.7 Å². The van der Waals surface area contributed by atoms with Gasteiger partial charge in [-0.2, -0.15) is 4.98 Å². The molecule has 1 aliphatic heterocycles. The lowest BCUT2D eigenvalue weighted by Gasteiger charge is -2.24. The summed E-state index contributed by atoms with van der Waals surface area (Å²) in [5.41, 5.74) is 2.73. The highest BCUT2D eigenvalue weighted by atomic mass is 19.2. The Balaban J connectivity index is 1.72. The van der Waals surface area contributed by atoms with Gasteiger partial charge < -0.3 is 10.2 Å². The van der Waals surface area contributed by atoms with E-state index in [1.165, 1.54) is 5.56 Å². The lowest BCUT2D eigenvalue weighted by molar-refractivity contribution is 0.449. The lowest BCUT2D eigenvalue weighted by Crippen LogP contribution is -2.25. The Bertz CT molecular complexity index is 1020. The number of aryl methyl sites for hydroxylation is 1. The number of fused-ring (bicyclic) bond motifs is 1. The van der Waals surface area contributed by atoms with E-state index in [0.29, 0.717) is 11.5 Å². The zero-order valence-electron chi connectivity index (χ0n) is 14.8. The van der Waals surface area contributed by atoms with E-state index in [9.17, 15) is 13.2 Å². The van der Waals surface area contributed by atoms with Gasteiger partial charge in [0, 0.05) is 23.5 Å². The molecule has 0 saturated heterocycles. The van der Waals surface area contributed by atoms with Gasteiger partial charge in [0.05, 0.1) is 5.69 Å². The lowest BCUT2D eigenvalue weighted by atomic mass is 10.1. The fourth-order valence-electron chi connectivity index (χ4n) is 3.39. The van der Waals surface area contributed by atoms with Crippen LogP contribution < -0.4 is 10.2 Å². The van der Waals surface area contributed by atoms with Crippen molar-refractivity contribution in [3.05, 3.63) is 71.2 Å². The third-order valence-corrected chi connectivity index (χ3v) is 4.58. The molecule has 1 unspecified atom stereocenters. The van der Waals surface area contributed by atoms with E-state index >= 15 is 0 Å². The summed E-state index contributed by atoms with van der Waals surface area (Å²) in [6, 6.07) is 12.1. The summed E-state index contributed by atoms with van der Waals surface area (Å²) in [5, 5.41) is 2.65. The molecular weight excluding hydrogens is 353 g/mol. The molecule has 4 nitrogen and oxygen atoms in total. The fourth-order valence-corrected chi connectivity index (χ4v) is 3.39. The number of hydrogen-bond donors (Lipinski definition) is 1. The van der Waals surface area contributed by atoms with E-state index in [0.717, 1.165) is 24.2 Å². The van der Waals surface area contributed by atoms with Crippen LogP contribution in [0.5, 0.6) is 0 Å². The minimum atomic E-state index is -1.53. The highest BCUT2D eigenvalue weighted by molar-refractivity contribution is 5.70. The topological polar surface area (TPSA) is 41.1 Å². The summed E-state index contributed by atoms with van der Waals surface area (Å²) in [6.45, 7) is 3.89. The number of aromatic nitrogens is 2. The molecule has 0 radical (unpaired) electrons. The van der Waals surface area contributed by atoms with Gasteiger partial charge in [-0.3, -0.25) is 0 Å². The second-order valence-corrected chi connectivity index (χ2v) is 6.59. The smallest absolute Gasteiger partial charge is 0.229 e. The largest absolute Gasteiger partial charge is 0.323 e. The molecular formula is C20H17F3N4. The molecule has 2 heterocycles. The molecule has 138 valence electrons. The van der Waals surface area contributed by atoms with Gasteiger partial charge in [0.25, 0.3) is 0 Å². The summed E-state index contributed by atoms with van der Waals surface area (Å²) in [7, 11) is 0. The van der Waals surface area contributed by atoms with Gasteiger partial charge in [0.2, 0.25) is 5.95 Å². The second kappa shape index (κ2) is 6.57. The summed E-state index contributed by atoms with van der Waals surface area (Å²) >= 11 is 0. The predicted octanol–water partition coefficient (Wildman–Crippen LogP) is 5.03. The molecule has 2 aromatic carbocycles. The molecule has 0 spiro atoms. The molecule has 1 aromatic heterocycles. The van der Waals surface area contributed by atoms with Crippen molar-refractivity contribution in [1.29, 1.82) is 0 Å². The van der Waals surface area contributed by atoms with Crippen LogP contribution in [0, 0.1) is 24.4 Å². The Morgan fingerprint density at radius 2 is 1.81 bits per heavy atom. The molecule has 1 aliphatic rings. The van der Waals surface area contributed by atoms with Crippen molar-refractivity contribution in [2.75, 3.05) is 10.2 Å². The van der Waals surface area contributed by atoms with Crippen molar-refractivity contribution in [2.24, 2.45) is 0 Å². The number of halogens is 3. The van der Waals surface area contributed by atoms with E-state index in [2.05, 4.69) is 33.2 Å². The molecule has 3 aromatic rings. The van der Waals surface area contributed by atoms with Gasteiger partial charge in [-0.05, 0) is 44.0 Å². The van der Waals surface area contributed by atoms with Crippen molar-refractivity contribution in [1.82, 2.24) is 9.97 Å². The van der Waals surface area contributed by atoms with E-state index in [1.54, 1.807) is 6.92 Å². The Labute approximate surface area is 154 Å². The number of rotatable bonds is 3. The van der Waals surface area contributed by atoms with Crippen molar-refractivity contribution in [3.63, 3.8) is 0 Å². The van der Waals surface area contributed by atoms with Crippen LogP contribution in [-0.4, -0.2) is 16.0 Å². The van der Waals surface area contributed by atoms with Gasteiger partial charge in [-0.1, -0.05) is 18.2 Å². The second-order valence-electron chi connectivity index (χ2n) is 6.59. The van der Waals surface area contributed by atoms with E-state index < -0.39 is 17.5 Å². The van der Waals surface area contributed by atoms with Crippen LogP contribution in [0.15, 0.2) is 42.5 Å². The van der Waals surface area contributed by atoms with Gasteiger partial charge in [0.1, 0.15) is 5.82 Å². The predicted molar refractivity (Wildman–Crippen MR) is 98.1 cm³/mol. The maximum absolute atomic E-state index is 14.0. The summed E-state index contributed by atoms with van der Waals surface area (Å²) in [6.07, 6.45) is 0.889. The molecule has 0 fully saturated rings. The van der Waals surface area contributed by atoms with Crippen LogP contribution in [-0.2, 0) is 6.42 Å². The average Bonchev–Trinajstić information content (AvgIpc) is 2.97. The Hall–Kier alpha value is -3.09. The first-order valence-corrected chi connectivity index (χ1v) is 8.57. The number of para-hydroxylation sites is 1. The Morgan fingerprint density at radius 1 is 1.04 bits per heavy atom. The maximum Gasteiger partial charge on any atom is 0.229 e. The molecule has 0 bridgehead atoms. The average molecular weight is 370 g/mol.